The maximum absolute atomic E-state index is 12.5. The third-order valence-corrected chi connectivity index (χ3v) is 4.89. The van der Waals surface area contributed by atoms with Gasteiger partial charge in [0, 0.05) is 23.5 Å². The first-order chi connectivity index (χ1) is 12.9. The molecule has 0 radical (unpaired) electrons. The van der Waals surface area contributed by atoms with E-state index >= 15 is 0 Å². The lowest BCUT2D eigenvalue weighted by molar-refractivity contribution is -0.122. The number of aryl methyl sites for hydroxylation is 3. The van der Waals surface area contributed by atoms with Gasteiger partial charge in [-0.05, 0) is 56.9 Å². The average Bonchev–Trinajstić information content (AvgIpc) is 2.58. The first-order valence-corrected chi connectivity index (χ1v) is 9.64. The van der Waals surface area contributed by atoms with Gasteiger partial charge in [0.25, 0.3) is 5.56 Å². The van der Waals surface area contributed by atoms with Gasteiger partial charge in [0.2, 0.25) is 11.9 Å². The topological polar surface area (TPSA) is 76.0 Å². The minimum atomic E-state index is -0.229. The fourth-order valence-electron chi connectivity index (χ4n) is 3.71. The van der Waals surface area contributed by atoms with Crippen molar-refractivity contribution in [3.05, 3.63) is 51.4 Å². The Bertz CT molecular complexity index is 862. The van der Waals surface area contributed by atoms with Crippen molar-refractivity contribution in [2.45, 2.75) is 65.5 Å². The Labute approximate surface area is 160 Å². The van der Waals surface area contributed by atoms with E-state index in [2.05, 4.69) is 21.7 Å². The number of aromatic nitrogens is 2. The molecule has 1 fully saturated rings. The molecular formula is C21H28N4O2. The highest BCUT2D eigenvalue weighted by Gasteiger charge is 2.17. The standard InChI is InChI=1S/C21H28N4O2/c1-14-9-15(2)11-18(10-14)24-21-22-16(3)12-20(27)25(21)13-19(26)23-17-7-5-4-6-8-17/h9-12,17H,4-8,13H2,1-3H3,(H,22,24)(H,23,26). The van der Waals surface area contributed by atoms with Crippen LogP contribution in [0, 0.1) is 20.8 Å². The predicted octanol–water partition coefficient (Wildman–Crippen LogP) is 3.36. The first kappa shape index (κ1) is 19.1. The fraction of sp³-hybridized carbons (Fsp3) is 0.476. The smallest absolute Gasteiger partial charge is 0.255 e. The van der Waals surface area contributed by atoms with Gasteiger partial charge in [-0.2, -0.15) is 0 Å². The summed E-state index contributed by atoms with van der Waals surface area (Å²) in [4.78, 5) is 29.5. The van der Waals surface area contributed by atoms with Crippen LogP contribution in [0.15, 0.2) is 29.1 Å². The fourth-order valence-corrected chi connectivity index (χ4v) is 3.71. The van der Waals surface area contributed by atoms with Crippen molar-refractivity contribution in [2.75, 3.05) is 5.32 Å². The van der Waals surface area contributed by atoms with Crippen LogP contribution in [0.2, 0.25) is 0 Å². The first-order valence-electron chi connectivity index (χ1n) is 9.64. The molecule has 144 valence electrons. The van der Waals surface area contributed by atoms with Crippen molar-refractivity contribution in [1.82, 2.24) is 14.9 Å². The Hall–Kier alpha value is -2.63. The predicted molar refractivity (Wildman–Crippen MR) is 107 cm³/mol. The molecule has 1 aromatic heterocycles. The molecule has 1 aromatic carbocycles. The maximum Gasteiger partial charge on any atom is 0.255 e. The summed E-state index contributed by atoms with van der Waals surface area (Å²) in [7, 11) is 0. The second-order valence-electron chi connectivity index (χ2n) is 7.55. The van der Waals surface area contributed by atoms with Gasteiger partial charge in [-0.3, -0.25) is 14.2 Å². The lowest BCUT2D eigenvalue weighted by atomic mass is 9.95. The molecule has 27 heavy (non-hydrogen) atoms. The Morgan fingerprint density at radius 1 is 1.07 bits per heavy atom. The van der Waals surface area contributed by atoms with Crippen LogP contribution < -0.4 is 16.2 Å². The summed E-state index contributed by atoms with van der Waals surface area (Å²) in [5.74, 6) is 0.252. The van der Waals surface area contributed by atoms with Gasteiger partial charge >= 0.3 is 0 Å². The summed E-state index contributed by atoms with van der Waals surface area (Å²) in [6, 6.07) is 7.75. The summed E-state index contributed by atoms with van der Waals surface area (Å²) in [5.41, 5.74) is 3.48. The molecule has 0 saturated heterocycles. The van der Waals surface area contributed by atoms with Crippen LogP contribution in [0.3, 0.4) is 0 Å². The van der Waals surface area contributed by atoms with Crippen LogP contribution in [0.5, 0.6) is 0 Å². The van der Waals surface area contributed by atoms with Gasteiger partial charge in [-0.1, -0.05) is 25.3 Å². The number of anilines is 2. The lowest BCUT2D eigenvalue weighted by Gasteiger charge is -2.23. The molecule has 0 unspecified atom stereocenters. The molecule has 1 saturated carbocycles. The lowest BCUT2D eigenvalue weighted by Crippen LogP contribution is -2.40. The Balaban J connectivity index is 1.81. The van der Waals surface area contributed by atoms with E-state index in [0.29, 0.717) is 11.6 Å². The van der Waals surface area contributed by atoms with Crippen LogP contribution in [0.1, 0.15) is 48.9 Å². The second-order valence-corrected chi connectivity index (χ2v) is 7.55. The van der Waals surface area contributed by atoms with Crippen LogP contribution in [0.4, 0.5) is 11.6 Å². The second kappa shape index (κ2) is 8.37. The van der Waals surface area contributed by atoms with Crippen molar-refractivity contribution < 1.29 is 4.79 Å². The number of hydrogen-bond donors (Lipinski definition) is 2. The van der Waals surface area contributed by atoms with Gasteiger partial charge in [0.15, 0.2) is 0 Å². The van der Waals surface area contributed by atoms with Gasteiger partial charge < -0.3 is 10.6 Å². The summed E-state index contributed by atoms with van der Waals surface area (Å²) in [5, 5.41) is 6.28. The number of amides is 1. The summed E-state index contributed by atoms with van der Waals surface area (Å²) in [6.07, 6.45) is 5.56. The molecule has 6 nitrogen and oxygen atoms in total. The van der Waals surface area contributed by atoms with Crippen molar-refractivity contribution in [3.63, 3.8) is 0 Å². The monoisotopic (exact) mass is 368 g/mol. The quantitative estimate of drug-likeness (QED) is 0.848. The minimum absolute atomic E-state index is 0.0320. The molecule has 2 aromatic rings. The molecule has 0 bridgehead atoms. The van der Waals surface area contributed by atoms with E-state index in [-0.39, 0.29) is 24.1 Å². The van der Waals surface area contributed by atoms with E-state index in [1.807, 2.05) is 26.0 Å². The Morgan fingerprint density at radius 3 is 2.41 bits per heavy atom. The van der Waals surface area contributed by atoms with Gasteiger partial charge in [0.05, 0.1) is 0 Å². The summed E-state index contributed by atoms with van der Waals surface area (Å²) < 4.78 is 1.41. The van der Waals surface area contributed by atoms with Crippen LogP contribution >= 0.6 is 0 Å². The third-order valence-electron chi connectivity index (χ3n) is 4.89. The van der Waals surface area contributed by atoms with Crippen molar-refractivity contribution in [2.24, 2.45) is 0 Å². The highest BCUT2D eigenvalue weighted by atomic mass is 16.2. The molecule has 0 atom stereocenters. The van der Waals surface area contributed by atoms with E-state index in [1.54, 1.807) is 6.92 Å². The van der Waals surface area contributed by atoms with E-state index in [0.717, 1.165) is 42.5 Å². The molecule has 1 aliphatic rings. The van der Waals surface area contributed by atoms with E-state index in [9.17, 15) is 9.59 Å². The average molecular weight is 368 g/mol. The molecule has 0 aliphatic heterocycles. The molecule has 1 heterocycles. The number of nitrogens with zero attached hydrogens (tertiary/aromatic N) is 2. The van der Waals surface area contributed by atoms with Gasteiger partial charge in [0.1, 0.15) is 6.54 Å². The molecule has 1 aliphatic carbocycles. The zero-order chi connectivity index (χ0) is 19.4. The molecule has 3 rings (SSSR count). The van der Waals surface area contributed by atoms with E-state index in [4.69, 9.17) is 0 Å². The number of nitrogens with one attached hydrogen (secondary N) is 2. The van der Waals surface area contributed by atoms with Crippen LogP contribution in [-0.4, -0.2) is 21.5 Å². The third kappa shape index (κ3) is 5.18. The largest absolute Gasteiger partial charge is 0.352 e. The molecular weight excluding hydrogens is 340 g/mol. The van der Waals surface area contributed by atoms with E-state index in [1.165, 1.54) is 17.1 Å². The number of carbonyl (C=O) groups excluding carboxylic acids is 1. The maximum atomic E-state index is 12.5. The number of benzene rings is 1. The molecule has 1 amide bonds. The normalized spacial score (nSPS) is 14.8. The highest BCUT2D eigenvalue weighted by molar-refractivity contribution is 5.76. The Kier molecular flexibility index (Phi) is 5.94. The number of carbonyl (C=O) groups is 1. The zero-order valence-corrected chi connectivity index (χ0v) is 16.3. The highest BCUT2D eigenvalue weighted by Crippen LogP contribution is 2.19. The number of hydrogen-bond acceptors (Lipinski definition) is 4. The van der Waals surface area contributed by atoms with E-state index < -0.39 is 0 Å². The summed E-state index contributed by atoms with van der Waals surface area (Å²) in [6.45, 7) is 5.79. The van der Waals surface area contributed by atoms with Gasteiger partial charge in [-0.25, -0.2) is 4.98 Å². The number of rotatable bonds is 5. The molecule has 6 heteroatoms. The molecule has 2 N–H and O–H groups in total. The van der Waals surface area contributed by atoms with Crippen molar-refractivity contribution >= 4 is 17.5 Å². The Morgan fingerprint density at radius 2 is 1.74 bits per heavy atom. The van der Waals surface area contributed by atoms with Crippen LogP contribution in [-0.2, 0) is 11.3 Å². The summed E-state index contributed by atoms with van der Waals surface area (Å²) >= 11 is 0. The SMILES string of the molecule is Cc1cc(C)cc(Nc2nc(C)cc(=O)n2CC(=O)NC2CCCCC2)c1. The molecule has 0 spiro atoms. The zero-order valence-electron chi connectivity index (χ0n) is 16.3. The minimum Gasteiger partial charge on any atom is -0.352 e. The van der Waals surface area contributed by atoms with Crippen molar-refractivity contribution in [3.8, 4) is 0 Å². The van der Waals surface area contributed by atoms with Crippen molar-refractivity contribution in [1.29, 1.82) is 0 Å². The van der Waals surface area contributed by atoms with Gasteiger partial charge in [-0.15, -0.1) is 0 Å². The van der Waals surface area contributed by atoms with Crippen LogP contribution in [0.25, 0.3) is 0 Å².